The number of aliphatic imine (C=N–C) groups is 1. The average Bonchev–Trinajstić information content (AvgIpc) is 3.40. The summed E-state index contributed by atoms with van der Waals surface area (Å²) in [6.45, 7) is 7.71. The van der Waals surface area contributed by atoms with Gasteiger partial charge in [-0.25, -0.2) is 10.0 Å². The number of amides is 3. The standard InChI is InChI=1S/C40H49Cl4N7O3/c1-5-6-7-8-9-10-11-12-13-14-15-16-34(52)45-29-21-22-30(42)33(25-29)47-37-35(38(53)51(50-37)36-31(43)23-26(41)24-32(36)44)49-48-28-19-17-27(18-20-28)46-39(54)40(2,3)4/h17-25,35H,5-16H2,1-4H3,(H,45,52)(H,46,54)(H,47,50). The van der Waals surface area contributed by atoms with Crippen molar-refractivity contribution >= 4 is 98.4 Å². The van der Waals surface area contributed by atoms with Crippen molar-refractivity contribution in [1.29, 1.82) is 0 Å². The molecular formula is C40H49Cl4N7O3. The van der Waals surface area contributed by atoms with Crippen LogP contribution in [0, 0.1) is 5.41 Å². The number of carbonyl (C=O) groups is 3. The Morgan fingerprint density at radius 3 is 1.93 bits per heavy atom. The monoisotopic (exact) mass is 815 g/mol. The van der Waals surface area contributed by atoms with Gasteiger partial charge < -0.3 is 10.6 Å². The van der Waals surface area contributed by atoms with E-state index in [1.54, 1.807) is 42.5 Å². The van der Waals surface area contributed by atoms with Gasteiger partial charge in [-0.15, -0.1) is 0 Å². The first kappa shape index (κ1) is 43.0. The van der Waals surface area contributed by atoms with E-state index in [4.69, 9.17) is 46.4 Å². The molecule has 3 amide bonds. The Morgan fingerprint density at radius 2 is 1.33 bits per heavy atom. The van der Waals surface area contributed by atoms with E-state index in [1.165, 1.54) is 63.5 Å². The number of nitrogens with one attached hydrogen (secondary N) is 3. The zero-order valence-electron chi connectivity index (χ0n) is 31.3. The number of nitrogens with zero attached hydrogens (tertiary/aromatic N) is 4. The molecule has 0 saturated carbocycles. The molecular weight excluding hydrogens is 768 g/mol. The van der Waals surface area contributed by atoms with Crippen LogP contribution in [0.5, 0.6) is 0 Å². The van der Waals surface area contributed by atoms with E-state index in [2.05, 4.69) is 38.2 Å². The zero-order chi connectivity index (χ0) is 39.3. The molecule has 1 aliphatic heterocycles. The van der Waals surface area contributed by atoms with Crippen LogP contribution in [-0.2, 0) is 14.4 Å². The molecule has 0 bridgehead atoms. The number of halogens is 4. The summed E-state index contributed by atoms with van der Waals surface area (Å²) in [6.07, 6.45) is 13.7. The lowest BCUT2D eigenvalue weighted by molar-refractivity contribution is -0.123. The maximum atomic E-state index is 13.9. The summed E-state index contributed by atoms with van der Waals surface area (Å²) in [4.78, 5) is 43.7. The Labute approximate surface area is 338 Å². The van der Waals surface area contributed by atoms with Crippen molar-refractivity contribution in [1.82, 2.24) is 5.43 Å². The predicted molar refractivity (Wildman–Crippen MR) is 223 cm³/mol. The fourth-order valence-corrected chi connectivity index (χ4v) is 6.75. The molecule has 0 spiro atoms. The Hall–Kier alpha value is -3.70. The lowest BCUT2D eigenvalue weighted by Gasteiger charge is -2.19. The molecule has 0 radical (unpaired) electrons. The summed E-state index contributed by atoms with van der Waals surface area (Å²) < 4.78 is 0. The maximum Gasteiger partial charge on any atom is 0.280 e. The largest absolute Gasteiger partial charge is 0.326 e. The van der Waals surface area contributed by atoms with E-state index in [1.807, 2.05) is 20.8 Å². The highest BCUT2D eigenvalue weighted by atomic mass is 35.5. The summed E-state index contributed by atoms with van der Waals surface area (Å²) in [5, 5.41) is 16.4. The van der Waals surface area contributed by atoms with Crippen molar-refractivity contribution in [3.63, 3.8) is 0 Å². The molecule has 1 heterocycles. The molecule has 3 aromatic rings. The lowest BCUT2D eigenvalue weighted by Crippen LogP contribution is -2.36. The average molecular weight is 818 g/mol. The molecule has 3 aromatic carbocycles. The van der Waals surface area contributed by atoms with Gasteiger partial charge in [0.2, 0.25) is 17.9 Å². The zero-order valence-corrected chi connectivity index (χ0v) is 34.3. The molecule has 1 saturated heterocycles. The Bertz CT molecular complexity index is 1800. The third kappa shape index (κ3) is 13.0. The van der Waals surface area contributed by atoms with Crippen LogP contribution in [0.1, 0.15) is 105 Å². The number of azo groups is 1. The number of carbonyl (C=O) groups excluding carboxylic acids is 3. The fourth-order valence-electron chi connectivity index (χ4n) is 5.61. The fraction of sp³-hybridized carbons (Fsp3) is 0.450. The molecule has 1 atom stereocenters. The van der Waals surface area contributed by atoms with Crippen LogP contribution in [0.2, 0.25) is 20.1 Å². The third-order valence-electron chi connectivity index (χ3n) is 8.72. The molecule has 10 nitrogen and oxygen atoms in total. The number of amidine groups is 1. The first-order valence-corrected chi connectivity index (χ1v) is 20.0. The van der Waals surface area contributed by atoms with Crippen molar-refractivity contribution in [3.8, 4) is 0 Å². The molecule has 54 heavy (non-hydrogen) atoms. The number of hydrazine groups is 1. The van der Waals surface area contributed by atoms with Gasteiger partial charge in [-0.2, -0.15) is 10.2 Å². The summed E-state index contributed by atoms with van der Waals surface area (Å²) >= 11 is 25.7. The second-order valence-corrected chi connectivity index (χ2v) is 16.0. The van der Waals surface area contributed by atoms with Crippen LogP contribution in [-0.4, -0.2) is 29.6 Å². The van der Waals surface area contributed by atoms with Crippen LogP contribution < -0.4 is 21.1 Å². The molecule has 1 aliphatic rings. The minimum absolute atomic E-state index is 0.0891. The Morgan fingerprint density at radius 1 is 0.759 bits per heavy atom. The SMILES string of the molecule is CCCCCCCCCCCCCC(=O)Nc1ccc(Cl)c(N=C2NN(c3c(Cl)cc(Cl)cc3Cl)C(=O)C2N=Nc2ccc(NC(=O)C(C)(C)C)cc2)c1. The molecule has 14 heteroatoms. The van der Waals surface area contributed by atoms with Gasteiger partial charge in [0.25, 0.3) is 5.91 Å². The number of benzene rings is 3. The Balaban J connectivity index is 1.46. The summed E-state index contributed by atoms with van der Waals surface area (Å²) in [5.74, 6) is -0.710. The van der Waals surface area contributed by atoms with Crippen LogP contribution in [0.25, 0.3) is 0 Å². The number of rotatable bonds is 18. The van der Waals surface area contributed by atoms with Gasteiger partial charge in [-0.3, -0.25) is 19.8 Å². The molecule has 0 aliphatic carbocycles. The van der Waals surface area contributed by atoms with Crippen molar-refractivity contribution in [3.05, 3.63) is 74.7 Å². The first-order chi connectivity index (χ1) is 25.8. The van der Waals surface area contributed by atoms with Crippen molar-refractivity contribution in [2.24, 2.45) is 20.6 Å². The van der Waals surface area contributed by atoms with Crippen molar-refractivity contribution in [2.75, 3.05) is 15.6 Å². The van der Waals surface area contributed by atoms with Crippen LogP contribution in [0.15, 0.2) is 69.8 Å². The van der Waals surface area contributed by atoms with Gasteiger partial charge in [0.1, 0.15) is 5.69 Å². The van der Waals surface area contributed by atoms with Gasteiger partial charge in [-0.1, -0.05) is 138 Å². The van der Waals surface area contributed by atoms with Crippen LogP contribution >= 0.6 is 46.4 Å². The number of hydrogen-bond donors (Lipinski definition) is 3. The van der Waals surface area contributed by atoms with Crippen molar-refractivity contribution < 1.29 is 14.4 Å². The first-order valence-electron chi connectivity index (χ1n) is 18.5. The Kier molecular flexibility index (Phi) is 16.6. The number of anilines is 3. The van der Waals surface area contributed by atoms with Crippen LogP contribution in [0.4, 0.5) is 28.4 Å². The van der Waals surface area contributed by atoms with E-state index < -0.39 is 17.4 Å². The quantitative estimate of drug-likeness (QED) is 0.0872. The van der Waals surface area contributed by atoms with E-state index in [0.717, 1.165) is 24.3 Å². The summed E-state index contributed by atoms with van der Waals surface area (Å²) in [7, 11) is 0. The number of unbranched alkanes of at least 4 members (excludes halogenated alkanes) is 10. The number of hydrogen-bond acceptors (Lipinski definition) is 6. The highest BCUT2D eigenvalue weighted by Gasteiger charge is 2.41. The van der Waals surface area contributed by atoms with E-state index >= 15 is 0 Å². The van der Waals surface area contributed by atoms with Crippen LogP contribution in [0.3, 0.4) is 0 Å². The van der Waals surface area contributed by atoms with Gasteiger partial charge in [-0.05, 0) is 61.0 Å². The normalized spacial score (nSPS) is 15.3. The molecule has 1 fully saturated rings. The van der Waals surface area contributed by atoms with Gasteiger partial charge in [0.15, 0.2) is 5.84 Å². The topological polar surface area (TPSA) is 128 Å². The minimum atomic E-state index is -1.25. The van der Waals surface area contributed by atoms with E-state index in [-0.39, 0.29) is 44.1 Å². The molecule has 1 unspecified atom stereocenters. The molecule has 3 N–H and O–H groups in total. The lowest BCUT2D eigenvalue weighted by atomic mass is 9.95. The second kappa shape index (κ2) is 20.8. The molecule has 0 aromatic heterocycles. The summed E-state index contributed by atoms with van der Waals surface area (Å²) in [5.41, 5.74) is 4.37. The van der Waals surface area contributed by atoms with E-state index in [0.29, 0.717) is 28.5 Å². The smallest absolute Gasteiger partial charge is 0.280 e. The predicted octanol–water partition coefficient (Wildman–Crippen LogP) is 12.7. The van der Waals surface area contributed by atoms with Gasteiger partial charge >= 0.3 is 0 Å². The second-order valence-electron chi connectivity index (χ2n) is 14.4. The minimum Gasteiger partial charge on any atom is -0.326 e. The highest BCUT2D eigenvalue weighted by molar-refractivity contribution is 6.43. The van der Waals surface area contributed by atoms with Gasteiger partial charge in [0, 0.05) is 28.2 Å². The van der Waals surface area contributed by atoms with Crippen molar-refractivity contribution in [2.45, 2.75) is 111 Å². The molecule has 290 valence electrons. The van der Waals surface area contributed by atoms with E-state index in [9.17, 15) is 14.4 Å². The molecule has 4 rings (SSSR count). The van der Waals surface area contributed by atoms with Gasteiger partial charge in [0.05, 0.1) is 26.4 Å². The third-order valence-corrected chi connectivity index (χ3v) is 9.83. The maximum absolute atomic E-state index is 13.9. The summed E-state index contributed by atoms with van der Waals surface area (Å²) in [6, 6.07) is 13.3. The highest BCUT2D eigenvalue weighted by Crippen LogP contribution is 2.38.